The first-order valence-corrected chi connectivity index (χ1v) is 5.31. The summed E-state index contributed by atoms with van der Waals surface area (Å²) in [5.41, 5.74) is 6.09. The van der Waals surface area contributed by atoms with Gasteiger partial charge >= 0.3 is 0 Å². The summed E-state index contributed by atoms with van der Waals surface area (Å²) in [7, 11) is 1.61. The van der Waals surface area contributed by atoms with Crippen molar-refractivity contribution in [3.05, 3.63) is 11.7 Å². The molecule has 1 saturated carbocycles. The van der Waals surface area contributed by atoms with Crippen LogP contribution in [0.25, 0.3) is 0 Å². The monoisotopic (exact) mass is 211 g/mol. The molecule has 84 valence electrons. The van der Waals surface area contributed by atoms with Crippen molar-refractivity contribution in [1.82, 2.24) is 10.1 Å². The lowest BCUT2D eigenvalue weighted by Gasteiger charge is -2.20. The number of rotatable bonds is 4. The third-order valence-electron chi connectivity index (χ3n) is 2.89. The molecule has 0 amide bonds. The van der Waals surface area contributed by atoms with Crippen molar-refractivity contribution in [2.45, 2.75) is 44.2 Å². The van der Waals surface area contributed by atoms with Gasteiger partial charge in [-0.15, -0.1) is 0 Å². The lowest BCUT2D eigenvalue weighted by molar-refractivity contribution is 0.174. The van der Waals surface area contributed by atoms with Gasteiger partial charge in [0.1, 0.15) is 6.61 Å². The molecule has 15 heavy (non-hydrogen) atoms. The third kappa shape index (κ3) is 2.54. The van der Waals surface area contributed by atoms with Gasteiger partial charge in [-0.25, -0.2) is 0 Å². The van der Waals surface area contributed by atoms with E-state index in [0.717, 1.165) is 12.8 Å². The SMILES string of the molecule is COCc1noc(CC2(N)CCCC2)n1. The molecule has 1 heterocycles. The second-order valence-electron chi connectivity index (χ2n) is 4.28. The van der Waals surface area contributed by atoms with Crippen molar-refractivity contribution in [3.8, 4) is 0 Å². The highest BCUT2D eigenvalue weighted by atomic mass is 16.5. The fraction of sp³-hybridized carbons (Fsp3) is 0.800. The zero-order valence-corrected chi connectivity index (χ0v) is 9.03. The largest absolute Gasteiger partial charge is 0.377 e. The predicted octanol–water partition coefficient (Wildman–Crippen LogP) is 1.03. The van der Waals surface area contributed by atoms with E-state index in [0.29, 0.717) is 24.7 Å². The van der Waals surface area contributed by atoms with Gasteiger partial charge in [0.25, 0.3) is 0 Å². The second-order valence-corrected chi connectivity index (χ2v) is 4.28. The summed E-state index contributed by atoms with van der Waals surface area (Å²) < 4.78 is 10.0. The van der Waals surface area contributed by atoms with E-state index in [2.05, 4.69) is 10.1 Å². The molecule has 0 bridgehead atoms. The maximum atomic E-state index is 6.22. The molecule has 2 rings (SSSR count). The number of hydrogen-bond donors (Lipinski definition) is 1. The van der Waals surface area contributed by atoms with Gasteiger partial charge in [0.2, 0.25) is 5.89 Å². The van der Waals surface area contributed by atoms with Gasteiger partial charge in [0.15, 0.2) is 5.82 Å². The summed E-state index contributed by atoms with van der Waals surface area (Å²) >= 11 is 0. The van der Waals surface area contributed by atoms with E-state index < -0.39 is 0 Å². The topological polar surface area (TPSA) is 74.2 Å². The van der Waals surface area contributed by atoms with Gasteiger partial charge in [-0.05, 0) is 12.8 Å². The zero-order chi connectivity index (χ0) is 10.7. The Balaban J connectivity index is 1.97. The molecule has 5 nitrogen and oxygen atoms in total. The highest BCUT2D eigenvalue weighted by Crippen LogP contribution is 2.29. The van der Waals surface area contributed by atoms with Crippen LogP contribution in [-0.2, 0) is 17.8 Å². The standard InChI is InChI=1S/C10H17N3O2/c1-14-7-8-12-9(15-13-8)6-10(11)4-2-3-5-10/h2-7,11H2,1H3. The minimum absolute atomic E-state index is 0.128. The van der Waals surface area contributed by atoms with Crippen molar-refractivity contribution in [2.24, 2.45) is 5.73 Å². The normalized spacial score (nSPS) is 19.6. The van der Waals surface area contributed by atoms with Crippen LogP contribution in [0.1, 0.15) is 37.4 Å². The summed E-state index contributed by atoms with van der Waals surface area (Å²) in [5.74, 6) is 1.22. The van der Waals surface area contributed by atoms with Crippen LogP contribution in [0.4, 0.5) is 0 Å². The highest BCUT2D eigenvalue weighted by Gasteiger charge is 2.31. The van der Waals surface area contributed by atoms with Crippen LogP contribution < -0.4 is 5.73 Å². The Hall–Kier alpha value is -0.940. The smallest absolute Gasteiger partial charge is 0.228 e. The Labute approximate surface area is 89.0 Å². The van der Waals surface area contributed by atoms with Gasteiger partial charge in [0.05, 0.1) is 0 Å². The Kier molecular flexibility index (Phi) is 3.02. The zero-order valence-electron chi connectivity index (χ0n) is 9.03. The number of methoxy groups -OCH3 is 1. The minimum atomic E-state index is -0.128. The van der Waals surface area contributed by atoms with E-state index in [1.54, 1.807) is 7.11 Å². The van der Waals surface area contributed by atoms with Crippen molar-refractivity contribution in [2.75, 3.05) is 7.11 Å². The van der Waals surface area contributed by atoms with Crippen molar-refractivity contribution in [3.63, 3.8) is 0 Å². The number of hydrogen-bond acceptors (Lipinski definition) is 5. The first-order valence-electron chi connectivity index (χ1n) is 5.31. The molecule has 0 unspecified atom stereocenters. The summed E-state index contributed by atoms with van der Waals surface area (Å²) in [6.45, 7) is 0.390. The number of ether oxygens (including phenoxy) is 1. The Morgan fingerprint density at radius 3 is 2.87 bits per heavy atom. The number of nitrogens with zero attached hydrogens (tertiary/aromatic N) is 2. The molecule has 2 N–H and O–H groups in total. The van der Waals surface area contributed by atoms with Gasteiger partial charge in [0, 0.05) is 19.1 Å². The molecule has 0 radical (unpaired) electrons. The molecule has 0 spiro atoms. The van der Waals surface area contributed by atoms with Crippen molar-refractivity contribution >= 4 is 0 Å². The molecule has 1 aromatic heterocycles. The lowest BCUT2D eigenvalue weighted by Crippen LogP contribution is -2.38. The average Bonchev–Trinajstić information content (AvgIpc) is 2.77. The maximum absolute atomic E-state index is 6.22. The molecule has 1 aromatic rings. The molecule has 0 aliphatic heterocycles. The van der Waals surface area contributed by atoms with Crippen LogP contribution in [0.5, 0.6) is 0 Å². The molecular weight excluding hydrogens is 194 g/mol. The van der Waals surface area contributed by atoms with E-state index in [1.165, 1.54) is 12.8 Å². The van der Waals surface area contributed by atoms with Crippen LogP contribution in [-0.4, -0.2) is 22.8 Å². The van der Waals surface area contributed by atoms with Crippen LogP contribution in [0.3, 0.4) is 0 Å². The Morgan fingerprint density at radius 2 is 2.20 bits per heavy atom. The number of nitrogens with two attached hydrogens (primary N) is 1. The van der Waals surface area contributed by atoms with Crippen LogP contribution in [0, 0.1) is 0 Å². The van der Waals surface area contributed by atoms with E-state index in [-0.39, 0.29) is 5.54 Å². The van der Waals surface area contributed by atoms with E-state index >= 15 is 0 Å². The lowest BCUT2D eigenvalue weighted by atomic mass is 9.95. The molecule has 1 aliphatic carbocycles. The number of aromatic nitrogens is 2. The van der Waals surface area contributed by atoms with E-state index in [1.807, 2.05) is 0 Å². The first kappa shape index (κ1) is 10.6. The van der Waals surface area contributed by atoms with Crippen LogP contribution in [0.15, 0.2) is 4.52 Å². The minimum Gasteiger partial charge on any atom is -0.377 e. The summed E-state index contributed by atoms with van der Waals surface area (Å²) in [6.07, 6.45) is 5.19. The van der Waals surface area contributed by atoms with Crippen molar-refractivity contribution in [1.29, 1.82) is 0 Å². The quantitative estimate of drug-likeness (QED) is 0.805. The Bertz CT molecular complexity index is 318. The molecule has 1 aliphatic rings. The first-order chi connectivity index (χ1) is 7.22. The molecule has 5 heteroatoms. The van der Waals surface area contributed by atoms with Gasteiger partial charge in [-0.1, -0.05) is 18.0 Å². The van der Waals surface area contributed by atoms with Crippen LogP contribution >= 0.6 is 0 Å². The second kappa shape index (κ2) is 4.28. The fourth-order valence-electron chi connectivity index (χ4n) is 2.11. The maximum Gasteiger partial charge on any atom is 0.228 e. The Morgan fingerprint density at radius 1 is 1.47 bits per heavy atom. The predicted molar refractivity (Wildman–Crippen MR) is 54.1 cm³/mol. The third-order valence-corrected chi connectivity index (χ3v) is 2.89. The van der Waals surface area contributed by atoms with E-state index in [9.17, 15) is 0 Å². The van der Waals surface area contributed by atoms with Gasteiger partial charge < -0.3 is 15.0 Å². The molecular formula is C10H17N3O2. The van der Waals surface area contributed by atoms with Crippen LogP contribution in [0.2, 0.25) is 0 Å². The van der Waals surface area contributed by atoms with Crippen molar-refractivity contribution < 1.29 is 9.26 Å². The molecule has 0 saturated heterocycles. The molecule has 0 atom stereocenters. The van der Waals surface area contributed by atoms with Gasteiger partial charge in [-0.3, -0.25) is 0 Å². The summed E-state index contributed by atoms with van der Waals surface area (Å²) in [6, 6.07) is 0. The summed E-state index contributed by atoms with van der Waals surface area (Å²) in [5, 5.41) is 3.81. The van der Waals surface area contributed by atoms with Gasteiger partial charge in [-0.2, -0.15) is 4.98 Å². The van der Waals surface area contributed by atoms with E-state index in [4.69, 9.17) is 15.0 Å². The molecule has 0 aromatic carbocycles. The average molecular weight is 211 g/mol. The summed E-state index contributed by atoms with van der Waals surface area (Å²) in [4.78, 5) is 4.23. The highest BCUT2D eigenvalue weighted by molar-refractivity contribution is 4.98. The fourth-order valence-corrected chi connectivity index (χ4v) is 2.11. The molecule has 1 fully saturated rings.